The minimum atomic E-state index is 0.0345. The van der Waals surface area contributed by atoms with Crippen LogP contribution >= 0.6 is 0 Å². The van der Waals surface area contributed by atoms with E-state index in [0.29, 0.717) is 12.4 Å². The maximum atomic E-state index is 8.96. The summed E-state index contributed by atoms with van der Waals surface area (Å²) in [5.74, 6) is 2.14. The van der Waals surface area contributed by atoms with Gasteiger partial charge in [0.1, 0.15) is 18.2 Å². The van der Waals surface area contributed by atoms with Crippen molar-refractivity contribution >= 4 is 5.82 Å². The van der Waals surface area contributed by atoms with E-state index in [1.165, 1.54) is 0 Å². The molecule has 100 valence electrons. The van der Waals surface area contributed by atoms with Crippen molar-refractivity contribution in [3.05, 3.63) is 47.4 Å². The maximum absolute atomic E-state index is 8.96. The fourth-order valence-corrected chi connectivity index (χ4v) is 1.66. The van der Waals surface area contributed by atoms with Gasteiger partial charge in [0.25, 0.3) is 0 Å². The molecule has 1 aromatic heterocycles. The molecule has 2 N–H and O–H groups in total. The molecular formula is C14H17N3O2. The van der Waals surface area contributed by atoms with Crippen molar-refractivity contribution in [2.75, 3.05) is 12.4 Å². The van der Waals surface area contributed by atoms with E-state index in [0.717, 1.165) is 22.8 Å². The molecule has 0 fully saturated rings. The van der Waals surface area contributed by atoms with E-state index in [9.17, 15) is 0 Å². The molecule has 0 spiro atoms. The Morgan fingerprint density at radius 3 is 2.58 bits per heavy atom. The third-order valence-corrected chi connectivity index (χ3v) is 2.63. The number of aryl methyl sites for hydroxylation is 1. The monoisotopic (exact) mass is 259 g/mol. The molecule has 0 aliphatic carbocycles. The summed E-state index contributed by atoms with van der Waals surface area (Å²) in [7, 11) is 1.82. The van der Waals surface area contributed by atoms with Crippen LogP contribution in [0.4, 0.5) is 5.82 Å². The molecule has 19 heavy (non-hydrogen) atoms. The van der Waals surface area contributed by atoms with Crippen LogP contribution in [0.1, 0.15) is 17.1 Å². The molecule has 1 aromatic carbocycles. The predicted molar refractivity (Wildman–Crippen MR) is 73.0 cm³/mol. The van der Waals surface area contributed by atoms with Gasteiger partial charge in [0.2, 0.25) is 0 Å². The molecule has 0 radical (unpaired) electrons. The van der Waals surface area contributed by atoms with Gasteiger partial charge < -0.3 is 15.2 Å². The van der Waals surface area contributed by atoms with Crippen molar-refractivity contribution in [2.24, 2.45) is 0 Å². The van der Waals surface area contributed by atoms with E-state index in [1.807, 2.05) is 44.3 Å². The van der Waals surface area contributed by atoms with E-state index in [4.69, 9.17) is 9.84 Å². The highest BCUT2D eigenvalue weighted by Crippen LogP contribution is 2.14. The van der Waals surface area contributed by atoms with Crippen LogP contribution in [0, 0.1) is 6.92 Å². The van der Waals surface area contributed by atoms with Gasteiger partial charge in [-0.2, -0.15) is 0 Å². The van der Waals surface area contributed by atoms with Crippen LogP contribution in [-0.4, -0.2) is 22.1 Å². The van der Waals surface area contributed by atoms with E-state index in [-0.39, 0.29) is 6.61 Å². The van der Waals surface area contributed by atoms with Crippen molar-refractivity contribution in [1.82, 2.24) is 9.97 Å². The fourth-order valence-electron chi connectivity index (χ4n) is 1.66. The van der Waals surface area contributed by atoms with Gasteiger partial charge in [0, 0.05) is 18.8 Å². The molecular weight excluding hydrogens is 242 g/mol. The minimum Gasteiger partial charge on any atom is -0.486 e. The van der Waals surface area contributed by atoms with Crippen molar-refractivity contribution in [3.63, 3.8) is 0 Å². The fraction of sp³-hybridized carbons (Fsp3) is 0.286. The standard InChI is InChI=1S/C14H17N3O2/c1-10-7-13(15-2)17-14(16-10)9-19-12-5-3-11(8-18)4-6-12/h3-7,18H,8-9H2,1-2H3,(H,15,16,17). The summed E-state index contributed by atoms with van der Waals surface area (Å²) >= 11 is 0. The van der Waals surface area contributed by atoms with Crippen LogP contribution in [0.3, 0.4) is 0 Å². The number of ether oxygens (including phenoxy) is 1. The average Bonchev–Trinajstić information content (AvgIpc) is 2.45. The molecule has 5 heteroatoms. The van der Waals surface area contributed by atoms with Gasteiger partial charge in [-0.3, -0.25) is 0 Å². The summed E-state index contributed by atoms with van der Waals surface area (Å²) in [5.41, 5.74) is 1.75. The molecule has 1 heterocycles. The zero-order chi connectivity index (χ0) is 13.7. The topological polar surface area (TPSA) is 67.3 Å². The molecule has 0 saturated carbocycles. The first-order chi connectivity index (χ1) is 9.21. The van der Waals surface area contributed by atoms with Crippen LogP contribution < -0.4 is 10.1 Å². The summed E-state index contributed by atoms with van der Waals surface area (Å²) in [5, 5.41) is 11.9. The Labute approximate surface area is 112 Å². The highest BCUT2D eigenvalue weighted by Gasteiger charge is 2.02. The number of aliphatic hydroxyl groups excluding tert-OH is 1. The van der Waals surface area contributed by atoms with Gasteiger partial charge in [-0.1, -0.05) is 12.1 Å². The highest BCUT2D eigenvalue weighted by molar-refractivity contribution is 5.34. The van der Waals surface area contributed by atoms with Gasteiger partial charge in [0.15, 0.2) is 5.82 Å². The van der Waals surface area contributed by atoms with Crippen LogP contribution in [-0.2, 0) is 13.2 Å². The van der Waals surface area contributed by atoms with Crippen molar-refractivity contribution in [2.45, 2.75) is 20.1 Å². The number of benzene rings is 1. The summed E-state index contributed by atoms with van der Waals surface area (Å²) in [4.78, 5) is 8.63. The van der Waals surface area contributed by atoms with Crippen LogP contribution in [0.5, 0.6) is 5.75 Å². The number of nitrogens with one attached hydrogen (secondary N) is 1. The third kappa shape index (κ3) is 3.66. The molecule has 0 atom stereocenters. The summed E-state index contributed by atoms with van der Waals surface area (Å²) in [6, 6.07) is 9.16. The van der Waals surface area contributed by atoms with Gasteiger partial charge in [-0.15, -0.1) is 0 Å². The summed E-state index contributed by atoms with van der Waals surface area (Å²) < 4.78 is 5.61. The first kappa shape index (κ1) is 13.3. The number of rotatable bonds is 5. The second kappa shape index (κ2) is 6.15. The summed E-state index contributed by atoms with van der Waals surface area (Å²) in [6.07, 6.45) is 0. The number of hydrogen-bond acceptors (Lipinski definition) is 5. The Bertz CT molecular complexity index is 541. The number of hydrogen-bond donors (Lipinski definition) is 2. The quantitative estimate of drug-likeness (QED) is 0.858. The van der Waals surface area contributed by atoms with E-state index >= 15 is 0 Å². The van der Waals surface area contributed by atoms with Gasteiger partial charge in [-0.05, 0) is 24.6 Å². The Kier molecular flexibility index (Phi) is 4.30. The Morgan fingerprint density at radius 2 is 1.95 bits per heavy atom. The van der Waals surface area contributed by atoms with E-state index in [1.54, 1.807) is 0 Å². The van der Waals surface area contributed by atoms with E-state index < -0.39 is 0 Å². The van der Waals surface area contributed by atoms with Gasteiger partial charge in [-0.25, -0.2) is 9.97 Å². The smallest absolute Gasteiger partial charge is 0.168 e. The lowest BCUT2D eigenvalue weighted by molar-refractivity contribution is 0.280. The van der Waals surface area contributed by atoms with Crippen molar-refractivity contribution in [3.8, 4) is 5.75 Å². The highest BCUT2D eigenvalue weighted by atomic mass is 16.5. The SMILES string of the molecule is CNc1cc(C)nc(COc2ccc(CO)cc2)n1. The largest absolute Gasteiger partial charge is 0.486 e. The zero-order valence-electron chi connectivity index (χ0n) is 11.1. The van der Waals surface area contributed by atoms with E-state index in [2.05, 4.69) is 15.3 Å². The molecule has 0 saturated heterocycles. The maximum Gasteiger partial charge on any atom is 0.168 e. The Hall–Kier alpha value is -2.14. The normalized spacial score (nSPS) is 10.3. The lowest BCUT2D eigenvalue weighted by Crippen LogP contribution is -2.05. The minimum absolute atomic E-state index is 0.0345. The molecule has 0 aliphatic rings. The zero-order valence-corrected chi connectivity index (χ0v) is 11.1. The second-order valence-corrected chi connectivity index (χ2v) is 4.15. The molecule has 5 nitrogen and oxygen atoms in total. The Morgan fingerprint density at radius 1 is 1.21 bits per heavy atom. The van der Waals surface area contributed by atoms with Crippen LogP contribution in [0.15, 0.2) is 30.3 Å². The van der Waals surface area contributed by atoms with Crippen molar-refractivity contribution in [1.29, 1.82) is 0 Å². The van der Waals surface area contributed by atoms with Crippen LogP contribution in [0.25, 0.3) is 0 Å². The van der Waals surface area contributed by atoms with Gasteiger partial charge in [0.05, 0.1) is 6.61 Å². The molecule has 2 aromatic rings. The van der Waals surface area contributed by atoms with Crippen LogP contribution in [0.2, 0.25) is 0 Å². The second-order valence-electron chi connectivity index (χ2n) is 4.15. The first-order valence-electron chi connectivity index (χ1n) is 6.06. The number of aliphatic hydroxyl groups is 1. The summed E-state index contributed by atoms with van der Waals surface area (Å²) in [6.45, 7) is 2.27. The molecule has 2 rings (SSSR count). The lowest BCUT2D eigenvalue weighted by Gasteiger charge is -2.08. The molecule has 0 aliphatic heterocycles. The number of aromatic nitrogens is 2. The predicted octanol–water partition coefficient (Wildman–Crippen LogP) is 1.90. The average molecular weight is 259 g/mol. The van der Waals surface area contributed by atoms with Crippen molar-refractivity contribution < 1.29 is 9.84 Å². The molecule has 0 bridgehead atoms. The Balaban J connectivity index is 2.03. The number of nitrogens with zero attached hydrogens (tertiary/aromatic N) is 2. The van der Waals surface area contributed by atoms with Gasteiger partial charge >= 0.3 is 0 Å². The molecule has 0 amide bonds. The first-order valence-corrected chi connectivity index (χ1v) is 6.06. The third-order valence-electron chi connectivity index (χ3n) is 2.63. The lowest BCUT2D eigenvalue weighted by atomic mass is 10.2. The number of anilines is 1. The molecule has 0 unspecified atom stereocenters.